The molecular formula is C16H21NO4S. The van der Waals surface area contributed by atoms with E-state index in [9.17, 15) is 8.42 Å². The van der Waals surface area contributed by atoms with Crippen molar-refractivity contribution in [2.45, 2.75) is 31.6 Å². The lowest BCUT2D eigenvalue weighted by molar-refractivity contribution is 0.315. The normalized spacial score (nSPS) is 11.5. The molecule has 0 aliphatic carbocycles. The van der Waals surface area contributed by atoms with Gasteiger partial charge in [0.2, 0.25) is 10.0 Å². The molecule has 0 unspecified atom stereocenters. The number of nitrogens with one attached hydrogen (secondary N) is 1. The first-order chi connectivity index (χ1) is 10.5. The molecule has 2 aromatic rings. The number of benzene rings is 1. The SMILES string of the molecule is CCCOc1ccc(S(=O)(=O)NCCc2ccoc2)cc1C. The monoisotopic (exact) mass is 323 g/mol. The van der Waals surface area contributed by atoms with E-state index < -0.39 is 10.0 Å². The van der Waals surface area contributed by atoms with Crippen LogP contribution in [0.25, 0.3) is 0 Å². The van der Waals surface area contributed by atoms with Crippen molar-refractivity contribution >= 4 is 10.0 Å². The molecule has 0 aliphatic heterocycles. The van der Waals surface area contributed by atoms with Gasteiger partial charge < -0.3 is 9.15 Å². The third-order valence-corrected chi connectivity index (χ3v) is 4.66. The molecule has 5 nitrogen and oxygen atoms in total. The topological polar surface area (TPSA) is 68.5 Å². The van der Waals surface area contributed by atoms with Gasteiger partial charge in [-0.2, -0.15) is 0 Å². The van der Waals surface area contributed by atoms with Crippen molar-refractivity contribution in [3.8, 4) is 5.75 Å². The van der Waals surface area contributed by atoms with Crippen molar-refractivity contribution in [3.63, 3.8) is 0 Å². The molecule has 0 amide bonds. The largest absolute Gasteiger partial charge is 0.493 e. The Morgan fingerprint density at radius 1 is 1.27 bits per heavy atom. The Morgan fingerprint density at radius 3 is 2.73 bits per heavy atom. The smallest absolute Gasteiger partial charge is 0.240 e. The molecule has 6 heteroatoms. The molecule has 1 heterocycles. The second kappa shape index (κ2) is 7.47. The van der Waals surface area contributed by atoms with E-state index >= 15 is 0 Å². The first-order valence-electron chi connectivity index (χ1n) is 7.27. The van der Waals surface area contributed by atoms with Crippen molar-refractivity contribution in [1.82, 2.24) is 4.72 Å². The quantitative estimate of drug-likeness (QED) is 0.811. The number of furan rings is 1. The zero-order valence-electron chi connectivity index (χ0n) is 12.8. The van der Waals surface area contributed by atoms with Crippen molar-refractivity contribution < 1.29 is 17.6 Å². The summed E-state index contributed by atoms with van der Waals surface area (Å²) >= 11 is 0. The first-order valence-corrected chi connectivity index (χ1v) is 8.75. The molecule has 2 rings (SSSR count). The number of hydrogen-bond donors (Lipinski definition) is 1. The summed E-state index contributed by atoms with van der Waals surface area (Å²) in [6, 6.07) is 6.72. The molecule has 1 N–H and O–H groups in total. The van der Waals surface area contributed by atoms with Crippen molar-refractivity contribution in [3.05, 3.63) is 47.9 Å². The van der Waals surface area contributed by atoms with Crippen LogP contribution < -0.4 is 9.46 Å². The molecule has 0 radical (unpaired) electrons. The summed E-state index contributed by atoms with van der Waals surface area (Å²) in [6.45, 7) is 4.82. The van der Waals surface area contributed by atoms with E-state index in [1.807, 2.05) is 19.9 Å². The molecule has 0 spiro atoms. The van der Waals surface area contributed by atoms with Crippen LogP contribution in [0.1, 0.15) is 24.5 Å². The van der Waals surface area contributed by atoms with Crippen molar-refractivity contribution in [1.29, 1.82) is 0 Å². The molecular weight excluding hydrogens is 302 g/mol. The second-order valence-corrected chi connectivity index (χ2v) is 6.82. The number of ether oxygens (including phenoxy) is 1. The van der Waals surface area contributed by atoms with Gasteiger partial charge in [-0.1, -0.05) is 6.92 Å². The van der Waals surface area contributed by atoms with Crippen LogP contribution in [0.15, 0.2) is 46.1 Å². The van der Waals surface area contributed by atoms with Gasteiger partial charge in [-0.25, -0.2) is 13.1 Å². The Labute approximate surface area is 131 Å². The van der Waals surface area contributed by atoms with Crippen LogP contribution in [-0.2, 0) is 16.4 Å². The Hall–Kier alpha value is -1.79. The highest BCUT2D eigenvalue weighted by Crippen LogP contribution is 2.21. The van der Waals surface area contributed by atoms with Crippen LogP contribution in [0.5, 0.6) is 5.75 Å². The van der Waals surface area contributed by atoms with Crippen LogP contribution >= 0.6 is 0 Å². The molecule has 1 aromatic carbocycles. The molecule has 22 heavy (non-hydrogen) atoms. The van der Waals surface area contributed by atoms with E-state index in [4.69, 9.17) is 9.15 Å². The van der Waals surface area contributed by atoms with E-state index in [1.54, 1.807) is 30.7 Å². The van der Waals surface area contributed by atoms with E-state index in [1.165, 1.54) is 0 Å². The zero-order valence-corrected chi connectivity index (χ0v) is 13.7. The van der Waals surface area contributed by atoms with Gasteiger partial charge in [0, 0.05) is 6.54 Å². The number of sulfonamides is 1. The molecule has 120 valence electrons. The van der Waals surface area contributed by atoms with E-state index in [2.05, 4.69) is 4.72 Å². The van der Waals surface area contributed by atoms with Crippen LogP contribution in [0, 0.1) is 6.92 Å². The lowest BCUT2D eigenvalue weighted by Gasteiger charge is -2.11. The minimum Gasteiger partial charge on any atom is -0.493 e. The third-order valence-electron chi connectivity index (χ3n) is 3.20. The molecule has 0 saturated heterocycles. The molecule has 0 atom stereocenters. The lowest BCUT2D eigenvalue weighted by atomic mass is 10.2. The van der Waals surface area contributed by atoms with Crippen LogP contribution in [0.3, 0.4) is 0 Å². The fraction of sp³-hybridized carbons (Fsp3) is 0.375. The minimum atomic E-state index is -3.51. The summed E-state index contributed by atoms with van der Waals surface area (Å²) in [5.74, 6) is 0.721. The Balaban J connectivity index is 2.00. The van der Waals surface area contributed by atoms with Crippen molar-refractivity contribution in [2.75, 3.05) is 13.2 Å². The maximum Gasteiger partial charge on any atom is 0.240 e. The van der Waals surface area contributed by atoms with Gasteiger partial charge in [0.05, 0.1) is 24.0 Å². The highest BCUT2D eigenvalue weighted by molar-refractivity contribution is 7.89. The van der Waals surface area contributed by atoms with Crippen molar-refractivity contribution in [2.24, 2.45) is 0 Å². The van der Waals surface area contributed by atoms with Crippen LogP contribution in [0.4, 0.5) is 0 Å². The van der Waals surface area contributed by atoms with Gasteiger partial charge in [-0.15, -0.1) is 0 Å². The number of aryl methyl sites for hydroxylation is 1. The van der Waals surface area contributed by atoms with Gasteiger partial charge in [-0.3, -0.25) is 0 Å². The van der Waals surface area contributed by atoms with E-state index in [0.717, 1.165) is 23.3 Å². The Kier molecular flexibility index (Phi) is 5.63. The minimum absolute atomic E-state index is 0.251. The second-order valence-electron chi connectivity index (χ2n) is 5.06. The highest BCUT2D eigenvalue weighted by Gasteiger charge is 2.15. The summed E-state index contributed by atoms with van der Waals surface area (Å²) in [5, 5.41) is 0. The Morgan fingerprint density at radius 2 is 2.09 bits per heavy atom. The zero-order chi connectivity index (χ0) is 16.0. The van der Waals surface area contributed by atoms with Gasteiger partial charge >= 0.3 is 0 Å². The molecule has 0 aliphatic rings. The summed E-state index contributed by atoms with van der Waals surface area (Å²) in [5.41, 5.74) is 1.77. The van der Waals surface area contributed by atoms with Gasteiger partial charge in [0.25, 0.3) is 0 Å². The lowest BCUT2D eigenvalue weighted by Crippen LogP contribution is -2.26. The van der Waals surface area contributed by atoms with Crippen LogP contribution in [0.2, 0.25) is 0 Å². The number of rotatable bonds is 8. The van der Waals surface area contributed by atoms with E-state index in [-0.39, 0.29) is 4.90 Å². The van der Waals surface area contributed by atoms with Gasteiger partial charge in [-0.05, 0) is 55.2 Å². The molecule has 0 bridgehead atoms. The highest BCUT2D eigenvalue weighted by atomic mass is 32.2. The summed E-state index contributed by atoms with van der Waals surface area (Å²) in [7, 11) is -3.51. The number of hydrogen-bond acceptors (Lipinski definition) is 4. The molecule has 0 saturated carbocycles. The molecule has 0 fully saturated rings. The van der Waals surface area contributed by atoms with Crippen LogP contribution in [-0.4, -0.2) is 21.6 Å². The summed E-state index contributed by atoms with van der Waals surface area (Å²) < 4.78 is 37.6. The summed E-state index contributed by atoms with van der Waals surface area (Å²) in [4.78, 5) is 0.251. The maximum atomic E-state index is 12.3. The predicted octanol–water partition coefficient (Wildman–Crippen LogP) is 2.90. The fourth-order valence-electron chi connectivity index (χ4n) is 2.01. The maximum absolute atomic E-state index is 12.3. The predicted molar refractivity (Wildman–Crippen MR) is 84.6 cm³/mol. The van der Waals surface area contributed by atoms with E-state index in [0.29, 0.717) is 19.6 Å². The fourth-order valence-corrected chi connectivity index (χ4v) is 3.13. The average Bonchev–Trinajstić information content (AvgIpc) is 2.99. The van der Waals surface area contributed by atoms with Gasteiger partial charge in [0.1, 0.15) is 5.75 Å². The van der Waals surface area contributed by atoms with Gasteiger partial charge in [0.15, 0.2) is 0 Å². The third kappa shape index (κ3) is 4.35. The standard InChI is InChI=1S/C16H21NO4S/c1-3-9-21-16-5-4-15(11-13(16)2)22(18,19)17-8-6-14-7-10-20-12-14/h4-5,7,10-12,17H,3,6,8-9H2,1-2H3. The first kappa shape index (κ1) is 16.6. The average molecular weight is 323 g/mol. The Bertz CT molecular complexity index is 693. The molecule has 1 aromatic heterocycles. The summed E-state index contributed by atoms with van der Waals surface area (Å²) in [6.07, 6.45) is 4.68.